The Morgan fingerprint density at radius 2 is 2.06 bits per heavy atom. The molecule has 0 aliphatic rings. The Morgan fingerprint density at radius 1 is 1.28 bits per heavy atom. The van der Waals surface area contributed by atoms with Crippen molar-refractivity contribution in [1.29, 1.82) is 0 Å². The number of hydrogen-bond donors (Lipinski definition) is 1. The van der Waals surface area contributed by atoms with Crippen molar-refractivity contribution >= 4 is 27.4 Å². The number of thiophene rings is 1. The van der Waals surface area contributed by atoms with Crippen LogP contribution < -0.4 is 5.32 Å². The monoisotopic (exact) mass is 263 g/mol. The van der Waals surface area contributed by atoms with Crippen LogP contribution in [0.3, 0.4) is 0 Å². The lowest BCUT2D eigenvalue weighted by molar-refractivity contribution is 0.604. The van der Waals surface area contributed by atoms with Crippen molar-refractivity contribution in [1.82, 2.24) is 9.97 Å². The van der Waals surface area contributed by atoms with Crippen LogP contribution in [-0.4, -0.2) is 16.5 Å². The molecule has 2 heterocycles. The predicted octanol–water partition coefficient (Wildman–Crippen LogP) is 4.20. The van der Waals surface area contributed by atoms with E-state index in [1.54, 1.807) is 17.7 Å². The molecule has 0 atom stereocenters. The minimum Gasteiger partial charge on any atom is -0.369 e. The zero-order chi connectivity index (χ0) is 13.2. The van der Waals surface area contributed by atoms with Gasteiger partial charge in [-0.2, -0.15) is 0 Å². The number of nitrogens with one attached hydrogen (secondary N) is 1. The smallest absolute Gasteiger partial charge is 0.147 e. The first-order valence-corrected chi connectivity index (χ1v) is 7.33. The first kappa shape index (κ1) is 13.3. The van der Waals surface area contributed by atoms with Gasteiger partial charge in [-0.05, 0) is 17.9 Å². The third-order valence-corrected chi connectivity index (χ3v) is 4.43. The second-order valence-electron chi connectivity index (χ2n) is 5.58. The minimum atomic E-state index is 0.173. The fraction of sp³-hybridized carbons (Fsp3) is 0.571. The molecule has 3 nitrogen and oxygen atoms in total. The molecule has 18 heavy (non-hydrogen) atoms. The standard InChI is InChI=1S/C14H21N3S/c1-5-6-7-15-13-12-10(16-9-17-13)8-11(18-12)14(2,3)4/h8-9H,5-7H2,1-4H3,(H,15,16,17). The van der Waals surface area contributed by atoms with Crippen molar-refractivity contribution in [2.75, 3.05) is 11.9 Å². The largest absolute Gasteiger partial charge is 0.369 e. The third-order valence-electron chi connectivity index (χ3n) is 2.87. The molecular formula is C14H21N3S. The first-order chi connectivity index (χ1) is 8.52. The van der Waals surface area contributed by atoms with E-state index in [0.717, 1.165) is 17.9 Å². The molecule has 0 fully saturated rings. The highest BCUT2D eigenvalue weighted by molar-refractivity contribution is 7.19. The molecule has 1 N–H and O–H groups in total. The molecule has 0 saturated carbocycles. The fourth-order valence-electron chi connectivity index (χ4n) is 1.73. The molecule has 0 spiro atoms. The van der Waals surface area contributed by atoms with Gasteiger partial charge in [0.2, 0.25) is 0 Å². The van der Waals surface area contributed by atoms with Gasteiger partial charge < -0.3 is 5.32 Å². The van der Waals surface area contributed by atoms with Crippen LogP contribution in [0.1, 0.15) is 45.4 Å². The molecule has 0 aliphatic carbocycles. The summed E-state index contributed by atoms with van der Waals surface area (Å²) in [5, 5.41) is 3.41. The van der Waals surface area contributed by atoms with Crippen LogP contribution in [0.25, 0.3) is 10.2 Å². The van der Waals surface area contributed by atoms with Crippen molar-refractivity contribution in [2.45, 2.75) is 46.0 Å². The summed E-state index contributed by atoms with van der Waals surface area (Å²) in [5.74, 6) is 0.981. The molecule has 98 valence electrons. The van der Waals surface area contributed by atoms with Gasteiger partial charge in [0.15, 0.2) is 0 Å². The van der Waals surface area contributed by atoms with Crippen LogP contribution in [0, 0.1) is 0 Å². The Hall–Kier alpha value is -1.16. The molecule has 2 rings (SSSR count). The van der Waals surface area contributed by atoms with Gasteiger partial charge in [-0.15, -0.1) is 11.3 Å². The SMILES string of the molecule is CCCCNc1ncnc2cc(C(C)(C)C)sc12. The van der Waals surface area contributed by atoms with Crippen molar-refractivity contribution in [2.24, 2.45) is 0 Å². The van der Waals surface area contributed by atoms with Crippen LogP contribution in [0.15, 0.2) is 12.4 Å². The molecule has 0 aromatic carbocycles. The average Bonchev–Trinajstić information content (AvgIpc) is 2.73. The van der Waals surface area contributed by atoms with Crippen LogP contribution in [-0.2, 0) is 5.41 Å². The molecular weight excluding hydrogens is 242 g/mol. The summed E-state index contributed by atoms with van der Waals surface area (Å²) in [6, 6.07) is 2.19. The number of hydrogen-bond acceptors (Lipinski definition) is 4. The number of unbranched alkanes of at least 4 members (excludes halogenated alkanes) is 1. The second kappa shape index (κ2) is 5.22. The Kier molecular flexibility index (Phi) is 3.85. The van der Waals surface area contributed by atoms with Crippen LogP contribution in [0.2, 0.25) is 0 Å². The molecule has 0 unspecified atom stereocenters. The van der Waals surface area contributed by atoms with E-state index in [-0.39, 0.29) is 5.41 Å². The third kappa shape index (κ3) is 2.80. The molecule has 0 amide bonds. The highest BCUT2D eigenvalue weighted by Crippen LogP contribution is 2.35. The number of aromatic nitrogens is 2. The Labute approximate surface area is 113 Å². The summed E-state index contributed by atoms with van der Waals surface area (Å²) in [6.07, 6.45) is 4.01. The zero-order valence-corrected chi connectivity index (χ0v) is 12.4. The quantitative estimate of drug-likeness (QED) is 0.840. The Morgan fingerprint density at radius 3 is 2.72 bits per heavy atom. The molecule has 2 aromatic heterocycles. The van der Waals surface area contributed by atoms with E-state index in [4.69, 9.17) is 0 Å². The van der Waals surface area contributed by atoms with E-state index in [2.05, 4.69) is 49.0 Å². The topological polar surface area (TPSA) is 37.8 Å². The first-order valence-electron chi connectivity index (χ1n) is 6.51. The van der Waals surface area contributed by atoms with Gasteiger partial charge in [-0.25, -0.2) is 9.97 Å². The number of rotatable bonds is 4. The van der Waals surface area contributed by atoms with E-state index >= 15 is 0 Å². The maximum absolute atomic E-state index is 4.36. The lowest BCUT2D eigenvalue weighted by Crippen LogP contribution is -2.07. The predicted molar refractivity (Wildman–Crippen MR) is 79.5 cm³/mol. The Bertz CT molecular complexity index is 525. The normalized spacial score (nSPS) is 12.0. The van der Waals surface area contributed by atoms with Gasteiger partial charge >= 0.3 is 0 Å². The summed E-state index contributed by atoms with van der Waals surface area (Å²) in [6.45, 7) is 9.87. The molecule has 0 radical (unpaired) electrons. The van der Waals surface area contributed by atoms with Gasteiger partial charge in [0.1, 0.15) is 12.1 Å². The van der Waals surface area contributed by atoms with Gasteiger partial charge in [-0.1, -0.05) is 34.1 Å². The molecule has 0 bridgehead atoms. The fourth-order valence-corrected chi connectivity index (χ4v) is 2.87. The van der Waals surface area contributed by atoms with Gasteiger partial charge in [0.25, 0.3) is 0 Å². The highest BCUT2D eigenvalue weighted by Gasteiger charge is 2.18. The van der Waals surface area contributed by atoms with Crippen molar-refractivity contribution < 1.29 is 0 Å². The van der Waals surface area contributed by atoms with E-state index < -0.39 is 0 Å². The van der Waals surface area contributed by atoms with Crippen LogP contribution in [0.4, 0.5) is 5.82 Å². The number of anilines is 1. The summed E-state index contributed by atoms with van der Waals surface area (Å²) in [7, 11) is 0. The lowest BCUT2D eigenvalue weighted by atomic mass is 9.95. The van der Waals surface area contributed by atoms with E-state index in [9.17, 15) is 0 Å². The number of nitrogens with zero attached hydrogens (tertiary/aromatic N) is 2. The second-order valence-corrected chi connectivity index (χ2v) is 6.63. The van der Waals surface area contributed by atoms with Crippen molar-refractivity contribution in [3.8, 4) is 0 Å². The van der Waals surface area contributed by atoms with Gasteiger partial charge in [0, 0.05) is 11.4 Å². The summed E-state index contributed by atoms with van der Waals surface area (Å²) < 4.78 is 1.18. The lowest BCUT2D eigenvalue weighted by Gasteiger charge is -2.14. The maximum Gasteiger partial charge on any atom is 0.147 e. The van der Waals surface area contributed by atoms with Crippen molar-refractivity contribution in [3.63, 3.8) is 0 Å². The molecule has 0 aliphatic heterocycles. The van der Waals surface area contributed by atoms with Crippen LogP contribution in [0.5, 0.6) is 0 Å². The molecule has 4 heteroatoms. The molecule has 2 aromatic rings. The van der Waals surface area contributed by atoms with Gasteiger partial charge in [-0.3, -0.25) is 0 Å². The van der Waals surface area contributed by atoms with Gasteiger partial charge in [0.05, 0.1) is 10.2 Å². The van der Waals surface area contributed by atoms with Crippen LogP contribution >= 0.6 is 11.3 Å². The molecule has 0 saturated heterocycles. The maximum atomic E-state index is 4.36. The van der Waals surface area contributed by atoms with E-state index in [0.29, 0.717) is 0 Å². The van der Waals surface area contributed by atoms with E-state index in [1.165, 1.54) is 22.4 Å². The summed E-state index contributed by atoms with van der Waals surface area (Å²) in [4.78, 5) is 10.1. The average molecular weight is 263 g/mol. The summed E-state index contributed by atoms with van der Waals surface area (Å²) in [5.41, 5.74) is 1.23. The minimum absolute atomic E-state index is 0.173. The highest BCUT2D eigenvalue weighted by atomic mass is 32.1. The van der Waals surface area contributed by atoms with Crippen molar-refractivity contribution in [3.05, 3.63) is 17.3 Å². The zero-order valence-electron chi connectivity index (χ0n) is 11.6. The number of fused-ring (bicyclic) bond motifs is 1. The Balaban J connectivity index is 2.33. The summed E-state index contributed by atoms with van der Waals surface area (Å²) >= 11 is 1.80. The van der Waals surface area contributed by atoms with E-state index in [1.807, 2.05) is 0 Å².